The van der Waals surface area contributed by atoms with Gasteiger partial charge in [0, 0.05) is 18.0 Å². The number of aryl methyl sites for hydroxylation is 1. The highest BCUT2D eigenvalue weighted by Crippen LogP contribution is 2.33. The third kappa shape index (κ3) is 3.37. The van der Waals surface area contributed by atoms with Crippen molar-refractivity contribution in [1.29, 1.82) is 0 Å². The summed E-state index contributed by atoms with van der Waals surface area (Å²) in [4.78, 5) is 26.3. The summed E-state index contributed by atoms with van der Waals surface area (Å²) >= 11 is 1.33. The Kier molecular flexibility index (Phi) is 4.88. The molecule has 0 spiro atoms. The number of thiophene rings is 1. The van der Waals surface area contributed by atoms with Crippen molar-refractivity contribution in [2.45, 2.75) is 40.0 Å². The van der Waals surface area contributed by atoms with Crippen molar-refractivity contribution in [3.63, 3.8) is 0 Å². The molecule has 5 nitrogen and oxygen atoms in total. The minimum Gasteiger partial charge on any atom is -0.478 e. The molecular weight excluding hydrogens is 288 g/mol. The molecule has 0 saturated carbocycles. The van der Waals surface area contributed by atoms with Crippen molar-refractivity contribution in [2.75, 3.05) is 18.4 Å². The largest absolute Gasteiger partial charge is 0.478 e. The number of anilines is 1. The number of nitrogens with one attached hydrogen (secondary N) is 1. The van der Waals surface area contributed by atoms with Gasteiger partial charge in [0.1, 0.15) is 5.00 Å². The first-order chi connectivity index (χ1) is 9.93. The Balaban J connectivity index is 2.07. The molecule has 1 aliphatic rings. The van der Waals surface area contributed by atoms with E-state index in [-0.39, 0.29) is 11.6 Å². The van der Waals surface area contributed by atoms with Crippen LogP contribution in [0.15, 0.2) is 0 Å². The minimum atomic E-state index is -0.988. The second-order valence-corrected chi connectivity index (χ2v) is 6.84. The van der Waals surface area contributed by atoms with Crippen LogP contribution in [0.2, 0.25) is 0 Å². The van der Waals surface area contributed by atoms with Gasteiger partial charge in [0.25, 0.3) is 0 Å². The van der Waals surface area contributed by atoms with Crippen LogP contribution in [0, 0.1) is 19.8 Å². The van der Waals surface area contributed by atoms with Crippen molar-refractivity contribution >= 4 is 28.3 Å². The number of hydrogen-bond acceptors (Lipinski definition) is 3. The number of amides is 2. The molecule has 2 heterocycles. The first-order valence-electron chi connectivity index (χ1n) is 7.33. The fourth-order valence-corrected chi connectivity index (χ4v) is 3.85. The fraction of sp³-hybridized carbons (Fsp3) is 0.600. The van der Waals surface area contributed by atoms with Crippen molar-refractivity contribution in [2.24, 2.45) is 5.92 Å². The van der Waals surface area contributed by atoms with Gasteiger partial charge >= 0.3 is 12.0 Å². The van der Waals surface area contributed by atoms with Crippen molar-refractivity contribution < 1.29 is 14.7 Å². The number of aromatic carboxylic acids is 1. The first-order valence-corrected chi connectivity index (χ1v) is 8.14. The molecule has 2 N–H and O–H groups in total. The summed E-state index contributed by atoms with van der Waals surface area (Å²) in [6.45, 7) is 7.32. The number of rotatable bonds is 4. The van der Waals surface area contributed by atoms with Crippen LogP contribution in [0.3, 0.4) is 0 Å². The van der Waals surface area contributed by atoms with Gasteiger partial charge < -0.3 is 10.0 Å². The quantitative estimate of drug-likeness (QED) is 0.890. The molecule has 0 aliphatic carbocycles. The van der Waals surface area contributed by atoms with Crippen LogP contribution in [-0.2, 0) is 0 Å². The monoisotopic (exact) mass is 310 g/mol. The molecule has 1 aliphatic heterocycles. The second kappa shape index (κ2) is 6.47. The maximum atomic E-state index is 12.3. The molecule has 1 unspecified atom stereocenters. The highest BCUT2D eigenvalue weighted by Gasteiger charge is 2.27. The Morgan fingerprint density at radius 2 is 2.14 bits per heavy atom. The van der Waals surface area contributed by atoms with Crippen LogP contribution < -0.4 is 5.32 Å². The highest BCUT2D eigenvalue weighted by atomic mass is 32.1. The van der Waals surface area contributed by atoms with E-state index in [4.69, 9.17) is 0 Å². The van der Waals surface area contributed by atoms with Crippen LogP contribution >= 0.6 is 11.3 Å². The second-order valence-electron chi connectivity index (χ2n) is 5.61. The van der Waals surface area contributed by atoms with Crippen LogP contribution in [0.5, 0.6) is 0 Å². The number of carbonyl (C=O) groups excluding carboxylic acids is 1. The molecule has 6 heteroatoms. The molecule has 1 saturated heterocycles. The fourth-order valence-electron chi connectivity index (χ4n) is 2.81. The molecule has 21 heavy (non-hydrogen) atoms. The van der Waals surface area contributed by atoms with E-state index in [0.717, 1.165) is 42.8 Å². The number of likely N-dealkylation sites (tertiary alicyclic amines) is 1. The summed E-state index contributed by atoms with van der Waals surface area (Å²) in [5.41, 5.74) is 0.947. The number of hydrogen-bond donors (Lipinski definition) is 2. The van der Waals surface area contributed by atoms with Gasteiger partial charge in [-0.3, -0.25) is 5.32 Å². The van der Waals surface area contributed by atoms with E-state index >= 15 is 0 Å². The van der Waals surface area contributed by atoms with Crippen LogP contribution in [-0.4, -0.2) is 35.1 Å². The van der Waals surface area contributed by atoms with Gasteiger partial charge in [-0.15, -0.1) is 11.3 Å². The Morgan fingerprint density at radius 1 is 1.43 bits per heavy atom. The number of carbonyl (C=O) groups is 2. The van der Waals surface area contributed by atoms with Crippen LogP contribution in [0.1, 0.15) is 47.0 Å². The smallest absolute Gasteiger partial charge is 0.338 e. The van der Waals surface area contributed by atoms with Gasteiger partial charge in [-0.1, -0.05) is 13.3 Å². The topological polar surface area (TPSA) is 69.6 Å². The summed E-state index contributed by atoms with van der Waals surface area (Å²) in [5, 5.41) is 12.5. The number of urea groups is 1. The molecule has 0 radical (unpaired) electrons. The summed E-state index contributed by atoms with van der Waals surface area (Å²) in [7, 11) is 0. The molecule has 2 rings (SSSR count). The zero-order valence-corrected chi connectivity index (χ0v) is 13.5. The Bertz CT molecular complexity index is 553. The summed E-state index contributed by atoms with van der Waals surface area (Å²) in [5.74, 6) is -0.413. The van der Waals surface area contributed by atoms with Crippen molar-refractivity contribution in [3.8, 4) is 0 Å². The lowest BCUT2D eigenvalue weighted by molar-refractivity contribution is 0.0697. The standard InChI is InChI=1S/C15H22N2O3S/c1-4-5-11-6-7-17(8-11)15(20)16-13-12(14(18)19)9(2)10(3)21-13/h11H,4-8H2,1-3H3,(H,16,20)(H,18,19). The Hall–Kier alpha value is -1.56. The number of nitrogens with zero attached hydrogens (tertiary/aromatic N) is 1. The highest BCUT2D eigenvalue weighted by molar-refractivity contribution is 7.16. The predicted molar refractivity (Wildman–Crippen MR) is 84.4 cm³/mol. The van der Waals surface area contributed by atoms with E-state index in [0.29, 0.717) is 10.9 Å². The van der Waals surface area contributed by atoms with Gasteiger partial charge in [0.05, 0.1) is 5.56 Å². The van der Waals surface area contributed by atoms with E-state index in [1.54, 1.807) is 11.8 Å². The van der Waals surface area contributed by atoms with Gasteiger partial charge in [-0.2, -0.15) is 0 Å². The minimum absolute atomic E-state index is 0.183. The van der Waals surface area contributed by atoms with Crippen molar-refractivity contribution in [1.82, 2.24) is 4.90 Å². The third-order valence-electron chi connectivity index (χ3n) is 4.09. The maximum absolute atomic E-state index is 12.3. The average Bonchev–Trinajstić information content (AvgIpc) is 2.96. The predicted octanol–water partition coefficient (Wildman–Crippen LogP) is 3.72. The van der Waals surface area contributed by atoms with Crippen LogP contribution in [0.25, 0.3) is 0 Å². The normalized spacial score (nSPS) is 18.0. The Morgan fingerprint density at radius 3 is 2.76 bits per heavy atom. The maximum Gasteiger partial charge on any atom is 0.338 e. The van der Waals surface area contributed by atoms with Gasteiger partial charge in [0.15, 0.2) is 0 Å². The summed E-state index contributed by atoms with van der Waals surface area (Å²) < 4.78 is 0. The summed E-state index contributed by atoms with van der Waals surface area (Å²) in [6.07, 6.45) is 3.31. The third-order valence-corrected chi connectivity index (χ3v) is 5.21. The van der Waals surface area contributed by atoms with E-state index in [9.17, 15) is 14.7 Å². The molecule has 1 atom stereocenters. The van der Waals surface area contributed by atoms with Gasteiger partial charge in [-0.05, 0) is 38.2 Å². The van der Waals surface area contributed by atoms with Crippen molar-refractivity contribution in [3.05, 3.63) is 16.0 Å². The molecule has 1 aromatic rings. The SMILES string of the molecule is CCCC1CCN(C(=O)Nc2sc(C)c(C)c2C(=O)O)C1. The lowest BCUT2D eigenvalue weighted by Gasteiger charge is -2.17. The number of carboxylic acids is 1. The molecular formula is C15H22N2O3S. The van der Waals surface area contributed by atoms with Crippen LogP contribution in [0.4, 0.5) is 9.80 Å². The van der Waals surface area contributed by atoms with E-state index in [1.165, 1.54) is 11.3 Å². The average molecular weight is 310 g/mol. The molecule has 1 aromatic heterocycles. The van der Waals surface area contributed by atoms with Gasteiger partial charge in [-0.25, -0.2) is 9.59 Å². The summed E-state index contributed by atoms with van der Waals surface area (Å²) in [6, 6.07) is -0.183. The zero-order chi connectivity index (χ0) is 15.6. The van der Waals surface area contributed by atoms with E-state index < -0.39 is 5.97 Å². The zero-order valence-electron chi connectivity index (χ0n) is 12.7. The molecule has 116 valence electrons. The molecule has 1 fully saturated rings. The van der Waals surface area contributed by atoms with Gasteiger partial charge in [0.2, 0.25) is 0 Å². The lowest BCUT2D eigenvalue weighted by atomic mass is 10.0. The van der Waals surface area contributed by atoms with E-state index in [2.05, 4.69) is 12.2 Å². The molecule has 2 amide bonds. The van der Waals surface area contributed by atoms with E-state index in [1.807, 2.05) is 6.92 Å². The Labute approximate surface area is 129 Å². The molecule has 0 aromatic carbocycles. The number of carboxylic acid groups (broad SMARTS) is 1. The molecule has 0 bridgehead atoms. The lowest BCUT2D eigenvalue weighted by Crippen LogP contribution is -2.33. The first kappa shape index (κ1) is 15.8.